The highest BCUT2D eigenvalue weighted by molar-refractivity contribution is 7.89. The molecule has 1 aliphatic carbocycles. The molecule has 1 heterocycles. The van der Waals surface area contributed by atoms with Crippen LogP contribution in [0.1, 0.15) is 36.0 Å². The lowest BCUT2D eigenvalue weighted by atomic mass is 9.63. The Morgan fingerprint density at radius 1 is 0.931 bits per heavy atom. The van der Waals surface area contributed by atoms with Crippen LogP contribution in [0.3, 0.4) is 0 Å². The highest BCUT2D eigenvalue weighted by atomic mass is 32.2. The lowest BCUT2D eigenvalue weighted by Crippen LogP contribution is -2.57. The van der Waals surface area contributed by atoms with E-state index in [1.807, 2.05) is 61.2 Å². The highest BCUT2D eigenvalue weighted by Crippen LogP contribution is 2.45. The van der Waals surface area contributed by atoms with Crippen molar-refractivity contribution in [3.63, 3.8) is 0 Å². The van der Waals surface area contributed by atoms with E-state index >= 15 is 0 Å². The van der Waals surface area contributed by atoms with Gasteiger partial charge in [-0.1, -0.05) is 54.4 Å². The summed E-state index contributed by atoms with van der Waals surface area (Å²) < 4.78 is 27.7. The Bertz CT molecular complexity index is 1010. The number of sulfonamides is 1. The first kappa shape index (κ1) is 20.1. The number of hydrogen-bond donors (Lipinski definition) is 0. The van der Waals surface area contributed by atoms with Crippen molar-refractivity contribution in [2.75, 3.05) is 26.2 Å². The van der Waals surface area contributed by atoms with Crippen molar-refractivity contribution in [3.8, 4) is 0 Å². The topological polar surface area (TPSA) is 57.7 Å². The Balaban J connectivity index is 1.49. The van der Waals surface area contributed by atoms with Crippen molar-refractivity contribution in [2.24, 2.45) is 0 Å². The zero-order chi connectivity index (χ0) is 20.6. The van der Waals surface area contributed by atoms with Gasteiger partial charge in [0.2, 0.25) is 15.9 Å². The fourth-order valence-electron chi connectivity index (χ4n) is 4.58. The summed E-state index contributed by atoms with van der Waals surface area (Å²) in [5.41, 5.74) is 2.47. The van der Waals surface area contributed by atoms with Crippen LogP contribution in [0.5, 0.6) is 0 Å². The third kappa shape index (κ3) is 3.49. The van der Waals surface area contributed by atoms with Crippen LogP contribution in [0.25, 0.3) is 0 Å². The maximum atomic E-state index is 13.4. The molecule has 2 aromatic carbocycles. The second-order valence-corrected chi connectivity index (χ2v) is 10.2. The van der Waals surface area contributed by atoms with Crippen molar-refractivity contribution in [2.45, 2.75) is 43.4 Å². The van der Waals surface area contributed by atoms with Gasteiger partial charge in [-0.05, 0) is 43.9 Å². The Morgan fingerprint density at radius 3 is 2.14 bits per heavy atom. The largest absolute Gasteiger partial charge is 0.339 e. The average molecular weight is 413 g/mol. The lowest BCUT2D eigenvalue weighted by molar-refractivity contribution is -0.142. The first-order valence-corrected chi connectivity index (χ1v) is 11.7. The van der Waals surface area contributed by atoms with Crippen LogP contribution in [0, 0.1) is 13.8 Å². The monoisotopic (exact) mass is 412 g/mol. The third-order valence-electron chi connectivity index (χ3n) is 6.42. The molecule has 0 atom stereocenters. The summed E-state index contributed by atoms with van der Waals surface area (Å²) in [5, 5.41) is 0. The second kappa shape index (κ2) is 7.58. The van der Waals surface area contributed by atoms with Crippen LogP contribution >= 0.6 is 0 Å². The molecule has 29 heavy (non-hydrogen) atoms. The number of benzene rings is 2. The van der Waals surface area contributed by atoms with Crippen LogP contribution in [0.15, 0.2) is 53.4 Å². The minimum absolute atomic E-state index is 0.151. The summed E-state index contributed by atoms with van der Waals surface area (Å²) in [6, 6.07) is 15.4. The summed E-state index contributed by atoms with van der Waals surface area (Å²) in [5.74, 6) is 0.151. The summed E-state index contributed by atoms with van der Waals surface area (Å²) in [7, 11) is -3.54. The van der Waals surface area contributed by atoms with Crippen molar-refractivity contribution >= 4 is 15.9 Å². The third-order valence-corrected chi connectivity index (χ3v) is 8.48. The van der Waals surface area contributed by atoms with E-state index in [0.717, 1.165) is 36.0 Å². The van der Waals surface area contributed by atoms with Crippen LogP contribution in [0.2, 0.25) is 0 Å². The van der Waals surface area contributed by atoms with Gasteiger partial charge < -0.3 is 4.90 Å². The molecule has 0 aromatic heterocycles. The van der Waals surface area contributed by atoms with Gasteiger partial charge >= 0.3 is 0 Å². The first-order valence-electron chi connectivity index (χ1n) is 10.3. The maximum Gasteiger partial charge on any atom is 0.243 e. The zero-order valence-corrected chi connectivity index (χ0v) is 17.9. The molecule has 154 valence electrons. The molecular formula is C23H28N2O3S. The minimum atomic E-state index is -3.54. The minimum Gasteiger partial charge on any atom is -0.339 e. The fourth-order valence-corrected chi connectivity index (χ4v) is 6.20. The number of hydrogen-bond acceptors (Lipinski definition) is 3. The smallest absolute Gasteiger partial charge is 0.243 e. The van der Waals surface area contributed by atoms with E-state index in [-0.39, 0.29) is 5.91 Å². The van der Waals surface area contributed by atoms with Gasteiger partial charge in [0.25, 0.3) is 0 Å². The summed E-state index contributed by atoms with van der Waals surface area (Å²) in [6.07, 6.45) is 2.80. The van der Waals surface area contributed by atoms with Crippen LogP contribution in [0.4, 0.5) is 0 Å². The van der Waals surface area contributed by atoms with Gasteiger partial charge in [0.15, 0.2) is 0 Å². The molecular weight excluding hydrogens is 384 g/mol. The van der Waals surface area contributed by atoms with Crippen molar-refractivity contribution in [1.29, 1.82) is 0 Å². The molecule has 1 aliphatic heterocycles. The standard InChI is InChI=1S/C23H28N2O3S/c1-18-9-10-21(19(2)17-18)29(27,28)25-15-13-24(14-16-25)22(26)23(11-6-12-23)20-7-4-3-5-8-20/h3-5,7-10,17H,6,11-16H2,1-2H3. The van der Waals surface area contributed by atoms with E-state index in [4.69, 9.17) is 0 Å². The lowest BCUT2D eigenvalue weighted by Gasteiger charge is -2.46. The summed E-state index contributed by atoms with van der Waals surface area (Å²) >= 11 is 0. The maximum absolute atomic E-state index is 13.4. The van der Waals surface area contributed by atoms with Crippen LogP contribution in [-0.2, 0) is 20.2 Å². The number of piperazine rings is 1. The number of aryl methyl sites for hydroxylation is 2. The predicted octanol–water partition coefficient (Wildman–Crippen LogP) is 3.26. The van der Waals surface area contributed by atoms with Crippen molar-refractivity contribution in [1.82, 2.24) is 9.21 Å². The van der Waals surface area contributed by atoms with E-state index in [2.05, 4.69) is 0 Å². The molecule has 2 fully saturated rings. The van der Waals surface area contributed by atoms with E-state index in [9.17, 15) is 13.2 Å². The van der Waals surface area contributed by atoms with Crippen LogP contribution < -0.4 is 0 Å². The molecule has 1 saturated heterocycles. The molecule has 1 amide bonds. The Hall–Kier alpha value is -2.18. The van der Waals surface area contributed by atoms with Crippen molar-refractivity contribution < 1.29 is 13.2 Å². The van der Waals surface area contributed by atoms with Crippen molar-refractivity contribution in [3.05, 3.63) is 65.2 Å². The number of carbonyl (C=O) groups is 1. The van der Waals surface area contributed by atoms with Gasteiger partial charge in [-0.2, -0.15) is 4.31 Å². The molecule has 0 unspecified atom stereocenters. The van der Waals surface area contributed by atoms with Gasteiger partial charge in [-0.25, -0.2) is 8.42 Å². The highest BCUT2D eigenvalue weighted by Gasteiger charge is 2.48. The molecule has 5 nitrogen and oxygen atoms in total. The van der Waals surface area contributed by atoms with Gasteiger partial charge in [0.05, 0.1) is 10.3 Å². The molecule has 0 N–H and O–H groups in total. The average Bonchev–Trinajstić information content (AvgIpc) is 2.68. The number of carbonyl (C=O) groups excluding carboxylic acids is 1. The van der Waals surface area contributed by atoms with E-state index in [0.29, 0.717) is 31.1 Å². The van der Waals surface area contributed by atoms with Gasteiger partial charge in [-0.3, -0.25) is 4.79 Å². The molecule has 0 bridgehead atoms. The first-order chi connectivity index (χ1) is 13.8. The number of amides is 1. The van der Waals surface area contributed by atoms with Gasteiger partial charge in [0.1, 0.15) is 0 Å². The van der Waals surface area contributed by atoms with Crippen LogP contribution in [-0.4, -0.2) is 49.7 Å². The molecule has 6 heteroatoms. The van der Waals surface area contributed by atoms with Gasteiger partial charge in [0, 0.05) is 26.2 Å². The van der Waals surface area contributed by atoms with Gasteiger partial charge in [-0.15, -0.1) is 0 Å². The predicted molar refractivity (Wildman–Crippen MR) is 113 cm³/mol. The molecule has 0 spiro atoms. The second-order valence-electron chi connectivity index (χ2n) is 8.27. The molecule has 4 rings (SSSR count). The van der Waals surface area contributed by atoms with E-state index in [1.165, 1.54) is 4.31 Å². The Labute approximate surface area is 173 Å². The summed E-state index contributed by atoms with van der Waals surface area (Å²) in [6.45, 7) is 5.35. The normalized spacial score (nSPS) is 19.6. The fraction of sp³-hybridized carbons (Fsp3) is 0.435. The van der Waals surface area contributed by atoms with E-state index in [1.54, 1.807) is 6.07 Å². The zero-order valence-electron chi connectivity index (χ0n) is 17.1. The molecule has 2 aromatic rings. The Morgan fingerprint density at radius 2 is 1.59 bits per heavy atom. The number of nitrogens with zero attached hydrogens (tertiary/aromatic N) is 2. The Kier molecular flexibility index (Phi) is 5.25. The van der Waals surface area contributed by atoms with E-state index < -0.39 is 15.4 Å². The molecule has 1 saturated carbocycles. The quantitative estimate of drug-likeness (QED) is 0.775. The molecule has 2 aliphatic rings. The SMILES string of the molecule is Cc1ccc(S(=O)(=O)N2CCN(C(=O)C3(c4ccccc4)CCC3)CC2)c(C)c1. The number of rotatable bonds is 4. The molecule has 0 radical (unpaired) electrons. The summed E-state index contributed by atoms with van der Waals surface area (Å²) in [4.78, 5) is 15.6.